The van der Waals surface area contributed by atoms with Crippen LogP contribution in [-0.4, -0.2) is 39.0 Å². The Bertz CT molecular complexity index is 581. The number of nitrogens with zero attached hydrogens (tertiary/aromatic N) is 2. The van der Waals surface area contributed by atoms with E-state index < -0.39 is 0 Å². The van der Waals surface area contributed by atoms with Crippen molar-refractivity contribution in [3.05, 3.63) is 16.2 Å². The summed E-state index contributed by atoms with van der Waals surface area (Å²) in [7, 11) is 0. The average Bonchev–Trinajstić information content (AvgIpc) is 2.77. The van der Waals surface area contributed by atoms with Crippen molar-refractivity contribution in [2.45, 2.75) is 12.2 Å². The number of aryl methyl sites for hydroxylation is 1. The van der Waals surface area contributed by atoms with Crippen molar-refractivity contribution in [1.82, 2.24) is 9.97 Å². The Kier molecular flexibility index (Phi) is 4.41. The molecule has 0 spiro atoms. The van der Waals surface area contributed by atoms with Crippen LogP contribution in [-0.2, 0) is 0 Å². The van der Waals surface area contributed by atoms with Gasteiger partial charge in [0.25, 0.3) is 0 Å². The molecule has 19 heavy (non-hydrogen) atoms. The quantitative estimate of drug-likeness (QED) is 0.863. The zero-order valence-corrected chi connectivity index (χ0v) is 13.7. The van der Waals surface area contributed by atoms with E-state index in [1.807, 2.05) is 23.5 Å². The molecule has 1 fully saturated rings. The topological polar surface area (TPSA) is 37.8 Å². The molecule has 2 aromatic rings. The van der Waals surface area contributed by atoms with Crippen LogP contribution in [0.1, 0.15) is 4.88 Å². The van der Waals surface area contributed by atoms with E-state index in [-0.39, 0.29) is 0 Å². The van der Waals surface area contributed by atoms with Gasteiger partial charge in [-0.2, -0.15) is 23.5 Å². The largest absolute Gasteiger partial charge is 0.368 e. The second-order valence-corrected chi connectivity index (χ2v) is 8.50. The van der Waals surface area contributed by atoms with Gasteiger partial charge in [-0.15, -0.1) is 11.3 Å². The molecule has 3 heterocycles. The molecule has 0 saturated carbocycles. The number of hydrogen-bond donors (Lipinski definition) is 1. The lowest BCUT2D eigenvalue weighted by Crippen LogP contribution is -2.23. The number of anilines is 1. The summed E-state index contributed by atoms with van der Waals surface area (Å²) in [6.45, 7) is 3.02. The van der Waals surface area contributed by atoms with Crippen LogP contribution in [0.25, 0.3) is 10.2 Å². The van der Waals surface area contributed by atoms with Gasteiger partial charge in [0.1, 0.15) is 10.6 Å². The average molecular weight is 332 g/mol. The minimum absolute atomic E-state index is 0.322. The zero-order chi connectivity index (χ0) is 13.2. The Morgan fingerprint density at radius 1 is 1.42 bits per heavy atom. The van der Waals surface area contributed by atoms with Crippen molar-refractivity contribution in [3.63, 3.8) is 0 Å². The molecule has 1 saturated heterocycles. The highest BCUT2D eigenvalue weighted by atomic mass is 35.5. The van der Waals surface area contributed by atoms with Crippen LogP contribution < -0.4 is 5.32 Å². The number of halogens is 1. The fourth-order valence-electron chi connectivity index (χ4n) is 2.02. The number of thioether (sulfide) groups is 2. The molecular weight excluding hydrogens is 318 g/mol. The standard InChI is InChI=1S/C12H14ClN3S3/c1-7-4-9-10(15-12(13)16-11(9)19-7)14-5-8-6-17-2-3-18-8/h4,8H,2-3,5-6H2,1H3,(H,14,15,16). The lowest BCUT2D eigenvalue weighted by Gasteiger charge is -2.21. The van der Waals surface area contributed by atoms with E-state index in [1.54, 1.807) is 11.3 Å². The van der Waals surface area contributed by atoms with E-state index in [0.29, 0.717) is 10.5 Å². The summed E-state index contributed by atoms with van der Waals surface area (Å²) < 4.78 is 0. The SMILES string of the molecule is Cc1cc2c(NCC3CSCCS3)nc(Cl)nc2s1. The number of fused-ring (bicyclic) bond motifs is 1. The molecule has 3 rings (SSSR count). The van der Waals surface area contributed by atoms with Crippen LogP contribution in [0, 0.1) is 6.92 Å². The predicted molar refractivity (Wildman–Crippen MR) is 89.2 cm³/mol. The van der Waals surface area contributed by atoms with Gasteiger partial charge in [-0.05, 0) is 24.6 Å². The molecular formula is C12H14ClN3S3. The Labute approximate surface area is 129 Å². The summed E-state index contributed by atoms with van der Waals surface area (Å²) in [4.78, 5) is 10.8. The highest BCUT2D eigenvalue weighted by molar-refractivity contribution is 8.06. The third kappa shape index (κ3) is 3.29. The first-order chi connectivity index (χ1) is 9.22. The first-order valence-electron chi connectivity index (χ1n) is 6.09. The van der Waals surface area contributed by atoms with Gasteiger partial charge in [-0.25, -0.2) is 9.97 Å². The summed E-state index contributed by atoms with van der Waals surface area (Å²) in [5, 5.41) is 5.51. The summed E-state index contributed by atoms with van der Waals surface area (Å²) in [5.74, 6) is 4.60. The second-order valence-electron chi connectivity index (χ2n) is 4.37. The lowest BCUT2D eigenvalue weighted by molar-refractivity contribution is 0.994. The van der Waals surface area contributed by atoms with Gasteiger partial charge in [0, 0.05) is 33.9 Å². The number of hydrogen-bond acceptors (Lipinski definition) is 6. The number of thiophene rings is 1. The molecule has 3 nitrogen and oxygen atoms in total. The zero-order valence-electron chi connectivity index (χ0n) is 10.5. The fraction of sp³-hybridized carbons (Fsp3) is 0.500. The van der Waals surface area contributed by atoms with E-state index in [4.69, 9.17) is 11.6 Å². The third-order valence-corrected chi connectivity index (χ3v) is 6.83. The molecule has 0 radical (unpaired) electrons. The first kappa shape index (κ1) is 13.8. The maximum atomic E-state index is 5.99. The third-order valence-electron chi connectivity index (χ3n) is 2.87. The predicted octanol–water partition coefficient (Wildman–Crippen LogP) is 3.91. The van der Waals surface area contributed by atoms with Crippen LogP contribution >= 0.6 is 46.5 Å². The van der Waals surface area contributed by atoms with E-state index in [0.717, 1.165) is 22.6 Å². The number of rotatable bonds is 3. The van der Waals surface area contributed by atoms with Crippen LogP contribution in [0.3, 0.4) is 0 Å². The van der Waals surface area contributed by atoms with Crippen LogP contribution in [0.2, 0.25) is 5.28 Å². The van der Waals surface area contributed by atoms with Gasteiger partial charge in [0.2, 0.25) is 5.28 Å². The second kappa shape index (κ2) is 6.08. The molecule has 7 heteroatoms. The Hall–Kier alpha value is -0.170. The fourth-order valence-corrected chi connectivity index (χ4v) is 5.73. The van der Waals surface area contributed by atoms with Crippen molar-refractivity contribution in [3.8, 4) is 0 Å². The van der Waals surface area contributed by atoms with E-state index in [1.165, 1.54) is 22.1 Å². The van der Waals surface area contributed by atoms with Crippen molar-refractivity contribution in [2.75, 3.05) is 29.1 Å². The van der Waals surface area contributed by atoms with Crippen LogP contribution in [0.4, 0.5) is 5.82 Å². The highest BCUT2D eigenvalue weighted by Gasteiger charge is 2.16. The maximum absolute atomic E-state index is 5.99. The summed E-state index contributed by atoms with van der Waals surface area (Å²) >= 11 is 11.7. The van der Waals surface area contributed by atoms with Gasteiger partial charge in [0.05, 0.1) is 5.39 Å². The molecule has 0 aromatic carbocycles. The van der Waals surface area contributed by atoms with E-state index in [9.17, 15) is 0 Å². The van der Waals surface area contributed by atoms with E-state index in [2.05, 4.69) is 28.3 Å². The molecule has 1 aliphatic rings. The molecule has 1 N–H and O–H groups in total. The maximum Gasteiger partial charge on any atom is 0.225 e. The first-order valence-corrected chi connectivity index (χ1v) is 9.49. The molecule has 0 amide bonds. The number of nitrogens with one attached hydrogen (secondary N) is 1. The summed E-state index contributed by atoms with van der Waals surface area (Å²) in [6.07, 6.45) is 0. The molecule has 2 aromatic heterocycles. The monoisotopic (exact) mass is 331 g/mol. The van der Waals surface area contributed by atoms with Gasteiger partial charge >= 0.3 is 0 Å². The van der Waals surface area contributed by atoms with E-state index >= 15 is 0 Å². The van der Waals surface area contributed by atoms with Crippen LogP contribution in [0.5, 0.6) is 0 Å². The van der Waals surface area contributed by atoms with Crippen molar-refractivity contribution in [1.29, 1.82) is 0 Å². The van der Waals surface area contributed by atoms with Crippen molar-refractivity contribution < 1.29 is 0 Å². The van der Waals surface area contributed by atoms with Gasteiger partial charge in [-0.1, -0.05) is 0 Å². The van der Waals surface area contributed by atoms with Crippen molar-refractivity contribution >= 4 is 62.5 Å². The highest BCUT2D eigenvalue weighted by Crippen LogP contribution is 2.30. The lowest BCUT2D eigenvalue weighted by atomic mass is 10.3. The van der Waals surface area contributed by atoms with Crippen molar-refractivity contribution in [2.24, 2.45) is 0 Å². The summed E-state index contributed by atoms with van der Waals surface area (Å²) in [6, 6.07) is 2.13. The molecule has 0 bridgehead atoms. The van der Waals surface area contributed by atoms with Gasteiger partial charge < -0.3 is 5.32 Å². The molecule has 102 valence electrons. The normalized spacial score (nSPS) is 19.8. The van der Waals surface area contributed by atoms with Gasteiger partial charge in [0.15, 0.2) is 0 Å². The molecule has 0 aliphatic carbocycles. The van der Waals surface area contributed by atoms with Gasteiger partial charge in [-0.3, -0.25) is 0 Å². The Morgan fingerprint density at radius 3 is 3.11 bits per heavy atom. The molecule has 1 unspecified atom stereocenters. The Morgan fingerprint density at radius 2 is 2.32 bits per heavy atom. The molecule has 1 atom stereocenters. The van der Waals surface area contributed by atoms with Crippen LogP contribution in [0.15, 0.2) is 6.07 Å². The minimum atomic E-state index is 0.322. The summed E-state index contributed by atoms with van der Waals surface area (Å²) in [5.41, 5.74) is 0. The number of aromatic nitrogens is 2. The Balaban J connectivity index is 1.79. The smallest absolute Gasteiger partial charge is 0.225 e. The molecule has 1 aliphatic heterocycles. The minimum Gasteiger partial charge on any atom is -0.368 e.